The van der Waals surface area contributed by atoms with Crippen molar-refractivity contribution in [2.45, 2.75) is 32.9 Å². The Labute approximate surface area is 127 Å². The first-order valence-corrected chi connectivity index (χ1v) is 7.61. The number of rotatable bonds is 4. The summed E-state index contributed by atoms with van der Waals surface area (Å²) in [6, 6.07) is 5.55. The summed E-state index contributed by atoms with van der Waals surface area (Å²) in [5, 5.41) is 2.97. The number of nitrogen functional groups attached to an aromatic ring is 1. The van der Waals surface area contributed by atoms with E-state index in [-0.39, 0.29) is 18.0 Å². The molecule has 4 nitrogen and oxygen atoms in total. The second-order valence-corrected chi connectivity index (χ2v) is 6.74. The predicted molar refractivity (Wildman–Crippen MR) is 84.4 cm³/mol. The van der Waals surface area contributed by atoms with E-state index in [2.05, 4.69) is 5.32 Å². The average Bonchev–Trinajstić information content (AvgIpc) is 2.95. The number of nitrogens with one attached hydrogen (secondary N) is 1. The zero-order chi connectivity index (χ0) is 14.9. The van der Waals surface area contributed by atoms with Gasteiger partial charge in [0.2, 0.25) is 0 Å². The van der Waals surface area contributed by atoms with E-state index in [0.717, 1.165) is 9.21 Å². The Kier molecular flexibility index (Phi) is 4.40. The van der Waals surface area contributed by atoms with Crippen LogP contribution >= 0.6 is 22.9 Å². The molecule has 3 N–H and O–H groups in total. The second-order valence-electron chi connectivity index (χ2n) is 5.00. The number of nitrogens with two attached hydrogens (primary N) is 1. The number of aromatic nitrogens is 1. The van der Waals surface area contributed by atoms with Gasteiger partial charge in [0.05, 0.1) is 16.1 Å². The van der Waals surface area contributed by atoms with Gasteiger partial charge < -0.3 is 15.6 Å². The maximum Gasteiger partial charge on any atom is 0.268 e. The van der Waals surface area contributed by atoms with Gasteiger partial charge in [0.15, 0.2) is 0 Å². The van der Waals surface area contributed by atoms with Crippen LogP contribution in [0.2, 0.25) is 4.34 Å². The van der Waals surface area contributed by atoms with Crippen molar-refractivity contribution in [3.63, 3.8) is 0 Å². The standard InChI is InChI=1S/C14H18ClN3OS/c1-8(2)18-7-10(16)6-11(18)14(19)17-9(3)12-4-5-13(15)20-12/h4-9H,16H2,1-3H3,(H,17,19). The Bertz CT molecular complexity index is 618. The monoisotopic (exact) mass is 311 g/mol. The molecule has 2 rings (SSSR count). The maximum atomic E-state index is 12.4. The fourth-order valence-electron chi connectivity index (χ4n) is 2.01. The van der Waals surface area contributed by atoms with E-state index in [9.17, 15) is 4.79 Å². The molecule has 0 bridgehead atoms. The molecule has 0 saturated carbocycles. The molecule has 1 unspecified atom stereocenters. The molecule has 0 spiro atoms. The summed E-state index contributed by atoms with van der Waals surface area (Å²) in [7, 11) is 0. The first-order valence-electron chi connectivity index (χ1n) is 6.42. The molecule has 0 aliphatic carbocycles. The smallest absolute Gasteiger partial charge is 0.268 e. The number of carbonyl (C=O) groups is 1. The molecule has 1 amide bonds. The molecular formula is C14H18ClN3OS. The number of nitrogens with zero attached hydrogens (tertiary/aromatic N) is 1. The molecule has 2 heterocycles. The molecule has 0 fully saturated rings. The molecule has 2 aromatic rings. The Hall–Kier alpha value is -1.46. The van der Waals surface area contributed by atoms with Crippen LogP contribution < -0.4 is 11.1 Å². The molecule has 0 aliphatic rings. The lowest BCUT2D eigenvalue weighted by Crippen LogP contribution is -2.28. The third-order valence-electron chi connectivity index (χ3n) is 3.03. The zero-order valence-electron chi connectivity index (χ0n) is 11.7. The van der Waals surface area contributed by atoms with Crippen molar-refractivity contribution in [1.29, 1.82) is 0 Å². The normalized spacial score (nSPS) is 12.7. The van der Waals surface area contributed by atoms with E-state index in [1.807, 2.05) is 37.5 Å². The molecule has 0 aliphatic heterocycles. The lowest BCUT2D eigenvalue weighted by molar-refractivity contribution is 0.0929. The maximum absolute atomic E-state index is 12.4. The van der Waals surface area contributed by atoms with Gasteiger partial charge in [0.25, 0.3) is 5.91 Å². The van der Waals surface area contributed by atoms with Gasteiger partial charge in [-0.1, -0.05) is 11.6 Å². The third kappa shape index (κ3) is 3.16. The molecule has 2 aromatic heterocycles. The quantitative estimate of drug-likeness (QED) is 0.900. The minimum absolute atomic E-state index is 0.0864. The van der Waals surface area contributed by atoms with Crippen LogP contribution in [0.5, 0.6) is 0 Å². The largest absolute Gasteiger partial charge is 0.397 e. The SMILES string of the molecule is CC(NC(=O)c1cc(N)cn1C(C)C)c1ccc(Cl)s1. The summed E-state index contributed by atoms with van der Waals surface area (Å²) in [6.45, 7) is 5.96. The fraction of sp³-hybridized carbons (Fsp3) is 0.357. The van der Waals surface area contributed by atoms with Gasteiger partial charge in [-0.25, -0.2) is 0 Å². The van der Waals surface area contributed by atoms with Crippen LogP contribution in [0.4, 0.5) is 5.69 Å². The summed E-state index contributed by atoms with van der Waals surface area (Å²) >= 11 is 7.38. The van der Waals surface area contributed by atoms with Gasteiger partial charge in [-0.2, -0.15) is 0 Å². The first-order chi connectivity index (χ1) is 9.38. The van der Waals surface area contributed by atoms with Crippen LogP contribution in [0.3, 0.4) is 0 Å². The summed E-state index contributed by atoms with van der Waals surface area (Å²) in [5.74, 6) is -0.132. The zero-order valence-corrected chi connectivity index (χ0v) is 13.3. The summed E-state index contributed by atoms with van der Waals surface area (Å²) in [5.41, 5.74) is 6.95. The number of carbonyl (C=O) groups excluding carboxylic acids is 1. The summed E-state index contributed by atoms with van der Waals surface area (Å²) in [4.78, 5) is 13.4. The van der Waals surface area contributed by atoms with Crippen LogP contribution in [0.15, 0.2) is 24.4 Å². The Morgan fingerprint density at radius 3 is 2.65 bits per heavy atom. The van der Waals surface area contributed by atoms with Gasteiger partial charge in [-0.05, 0) is 39.0 Å². The number of thiophene rings is 1. The second kappa shape index (κ2) is 5.89. The van der Waals surface area contributed by atoms with Gasteiger partial charge in [-0.15, -0.1) is 11.3 Å². The van der Waals surface area contributed by atoms with Crippen LogP contribution in [0, 0.1) is 0 Å². The number of halogens is 1. The van der Waals surface area contributed by atoms with E-state index >= 15 is 0 Å². The molecule has 20 heavy (non-hydrogen) atoms. The van der Waals surface area contributed by atoms with Crippen molar-refractivity contribution in [1.82, 2.24) is 9.88 Å². The van der Waals surface area contributed by atoms with E-state index in [1.165, 1.54) is 11.3 Å². The van der Waals surface area contributed by atoms with E-state index in [1.54, 1.807) is 12.3 Å². The van der Waals surface area contributed by atoms with Crippen molar-refractivity contribution < 1.29 is 4.79 Å². The third-order valence-corrected chi connectivity index (χ3v) is 4.44. The van der Waals surface area contributed by atoms with Crippen LogP contribution in [0.25, 0.3) is 0 Å². The Morgan fingerprint density at radius 2 is 2.10 bits per heavy atom. The lowest BCUT2D eigenvalue weighted by atomic mass is 10.2. The van der Waals surface area contributed by atoms with Crippen LogP contribution in [-0.2, 0) is 0 Å². The molecule has 6 heteroatoms. The molecule has 0 aromatic carbocycles. The fourth-order valence-corrected chi connectivity index (χ4v) is 3.08. The molecular weight excluding hydrogens is 294 g/mol. The van der Waals surface area contributed by atoms with E-state index < -0.39 is 0 Å². The van der Waals surface area contributed by atoms with Gasteiger partial charge in [0.1, 0.15) is 5.69 Å². The minimum Gasteiger partial charge on any atom is -0.397 e. The van der Waals surface area contributed by atoms with Crippen molar-refractivity contribution in [2.24, 2.45) is 0 Å². The molecule has 0 radical (unpaired) electrons. The number of anilines is 1. The highest BCUT2D eigenvalue weighted by atomic mass is 35.5. The topological polar surface area (TPSA) is 60.1 Å². The highest BCUT2D eigenvalue weighted by Crippen LogP contribution is 2.27. The molecule has 1 atom stereocenters. The van der Waals surface area contributed by atoms with Gasteiger partial charge >= 0.3 is 0 Å². The molecule has 108 valence electrons. The minimum atomic E-state index is -0.132. The van der Waals surface area contributed by atoms with Crippen molar-refractivity contribution in [2.75, 3.05) is 5.73 Å². The lowest BCUT2D eigenvalue weighted by Gasteiger charge is -2.15. The average molecular weight is 312 g/mol. The van der Waals surface area contributed by atoms with Crippen molar-refractivity contribution in [3.8, 4) is 0 Å². The van der Waals surface area contributed by atoms with Gasteiger partial charge in [0, 0.05) is 17.1 Å². The summed E-state index contributed by atoms with van der Waals surface area (Å²) < 4.78 is 2.59. The predicted octanol–water partition coefficient (Wildman–Crippen LogP) is 3.86. The highest BCUT2D eigenvalue weighted by Gasteiger charge is 2.18. The van der Waals surface area contributed by atoms with Crippen molar-refractivity contribution >= 4 is 34.5 Å². The van der Waals surface area contributed by atoms with E-state index in [4.69, 9.17) is 17.3 Å². The van der Waals surface area contributed by atoms with Gasteiger partial charge in [-0.3, -0.25) is 4.79 Å². The number of hydrogen-bond donors (Lipinski definition) is 2. The Balaban J connectivity index is 2.16. The summed E-state index contributed by atoms with van der Waals surface area (Å²) in [6.07, 6.45) is 1.78. The van der Waals surface area contributed by atoms with Crippen molar-refractivity contribution in [3.05, 3.63) is 39.3 Å². The van der Waals surface area contributed by atoms with Crippen LogP contribution in [0.1, 0.15) is 48.2 Å². The van der Waals surface area contributed by atoms with E-state index in [0.29, 0.717) is 11.4 Å². The number of amides is 1. The first kappa shape index (κ1) is 14.9. The van der Waals surface area contributed by atoms with Crippen LogP contribution in [-0.4, -0.2) is 10.5 Å². The Morgan fingerprint density at radius 1 is 1.40 bits per heavy atom. The molecule has 0 saturated heterocycles. The number of hydrogen-bond acceptors (Lipinski definition) is 3. The highest BCUT2D eigenvalue weighted by molar-refractivity contribution is 7.16.